The first-order valence-electron chi connectivity index (χ1n) is 6.71. The van der Waals surface area contributed by atoms with Crippen molar-refractivity contribution in [2.45, 2.75) is 19.4 Å². The van der Waals surface area contributed by atoms with Crippen LogP contribution < -0.4 is 10.1 Å². The van der Waals surface area contributed by atoms with E-state index < -0.39 is 6.10 Å². The highest BCUT2D eigenvalue weighted by atomic mass is 16.5. The highest BCUT2D eigenvalue weighted by molar-refractivity contribution is 5.84. The zero-order chi connectivity index (χ0) is 13.7. The molecule has 0 aliphatic heterocycles. The van der Waals surface area contributed by atoms with Crippen LogP contribution in [0, 0.1) is 0 Å². The summed E-state index contributed by atoms with van der Waals surface area (Å²) in [5, 5.41) is 15.6. The van der Waals surface area contributed by atoms with Crippen molar-refractivity contribution < 1.29 is 9.84 Å². The number of ether oxygens (including phenoxy) is 1. The third kappa shape index (κ3) is 3.46. The molecule has 19 heavy (non-hydrogen) atoms. The Balaban J connectivity index is 2.16. The monoisotopic (exact) mass is 259 g/mol. The summed E-state index contributed by atoms with van der Waals surface area (Å²) in [4.78, 5) is 0. The minimum absolute atomic E-state index is 0.460. The molecule has 1 unspecified atom stereocenters. The molecule has 0 radical (unpaired) electrons. The third-order valence-electron chi connectivity index (χ3n) is 3.22. The zero-order valence-electron chi connectivity index (χ0n) is 11.5. The second-order valence-corrected chi connectivity index (χ2v) is 4.69. The van der Waals surface area contributed by atoms with Gasteiger partial charge in [0.25, 0.3) is 0 Å². The van der Waals surface area contributed by atoms with E-state index in [0.717, 1.165) is 35.1 Å². The number of aliphatic hydroxyl groups is 1. The van der Waals surface area contributed by atoms with Gasteiger partial charge in [-0.05, 0) is 47.5 Å². The van der Waals surface area contributed by atoms with Crippen LogP contribution in [0.5, 0.6) is 5.75 Å². The molecule has 3 nitrogen and oxygen atoms in total. The predicted molar refractivity (Wildman–Crippen MR) is 78.6 cm³/mol. The molecule has 2 aromatic rings. The fourth-order valence-corrected chi connectivity index (χ4v) is 2.11. The maximum absolute atomic E-state index is 10.1. The molecule has 102 valence electrons. The smallest absolute Gasteiger partial charge is 0.119 e. The van der Waals surface area contributed by atoms with E-state index in [1.807, 2.05) is 36.4 Å². The van der Waals surface area contributed by atoms with Gasteiger partial charge in [-0.3, -0.25) is 0 Å². The van der Waals surface area contributed by atoms with Crippen LogP contribution in [0.15, 0.2) is 36.4 Å². The lowest BCUT2D eigenvalue weighted by Crippen LogP contribution is -2.22. The molecule has 3 heteroatoms. The molecule has 2 aromatic carbocycles. The molecular formula is C16H21NO2. The largest absolute Gasteiger partial charge is 0.497 e. The van der Waals surface area contributed by atoms with Gasteiger partial charge in [-0.1, -0.05) is 25.1 Å². The molecule has 0 aromatic heterocycles. The van der Waals surface area contributed by atoms with Crippen LogP contribution >= 0.6 is 0 Å². The number of hydrogen-bond donors (Lipinski definition) is 2. The Kier molecular flexibility index (Phi) is 4.77. The summed E-state index contributed by atoms with van der Waals surface area (Å²) < 4.78 is 5.21. The van der Waals surface area contributed by atoms with Crippen molar-refractivity contribution in [3.05, 3.63) is 42.0 Å². The number of aliphatic hydroxyl groups excluding tert-OH is 1. The van der Waals surface area contributed by atoms with Crippen molar-refractivity contribution in [1.82, 2.24) is 5.32 Å². The van der Waals surface area contributed by atoms with Crippen LogP contribution in [-0.4, -0.2) is 25.3 Å². The molecule has 2 N–H and O–H groups in total. The van der Waals surface area contributed by atoms with Crippen LogP contribution in [-0.2, 0) is 0 Å². The van der Waals surface area contributed by atoms with Gasteiger partial charge in [-0.2, -0.15) is 0 Å². The molecule has 0 spiro atoms. The van der Waals surface area contributed by atoms with Gasteiger partial charge in [0.2, 0.25) is 0 Å². The average Bonchev–Trinajstić information content (AvgIpc) is 2.46. The summed E-state index contributed by atoms with van der Waals surface area (Å²) in [5.74, 6) is 0.852. The number of methoxy groups -OCH3 is 1. The first-order valence-corrected chi connectivity index (χ1v) is 6.71. The lowest BCUT2D eigenvalue weighted by molar-refractivity contribution is 0.175. The van der Waals surface area contributed by atoms with Gasteiger partial charge >= 0.3 is 0 Å². The van der Waals surface area contributed by atoms with Crippen molar-refractivity contribution in [2.75, 3.05) is 20.2 Å². The molecule has 0 aliphatic carbocycles. The van der Waals surface area contributed by atoms with Crippen LogP contribution in [0.4, 0.5) is 0 Å². The fraction of sp³-hybridized carbons (Fsp3) is 0.375. The number of hydrogen-bond acceptors (Lipinski definition) is 3. The Morgan fingerprint density at radius 3 is 2.63 bits per heavy atom. The van der Waals surface area contributed by atoms with Crippen LogP contribution in [0.3, 0.4) is 0 Å². The minimum atomic E-state index is -0.460. The SMILES string of the molecule is CCCNCC(O)c1ccc2cc(OC)ccc2c1. The molecular weight excluding hydrogens is 238 g/mol. The maximum atomic E-state index is 10.1. The van der Waals surface area contributed by atoms with Gasteiger partial charge < -0.3 is 15.2 Å². The van der Waals surface area contributed by atoms with E-state index >= 15 is 0 Å². The first kappa shape index (κ1) is 13.8. The van der Waals surface area contributed by atoms with Gasteiger partial charge in [-0.25, -0.2) is 0 Å². The summed E-state index contributed by atoms with van der Waals surface area (Å²) in [6.45, 7) is 3.64. The quantitative estimate of drug-likeness (QED) is 0.784. The summed E-state index contributed by atoms with van der Waals surface area (Å²) in [5.41, 5.74) is 0.946. The van der Waals surface area contributed by atoms with E-state index in [2.05, 4.69) is 12.2 Å². The fourth-order valence-electron chi connectivity index (χ4n) is 2.11. The molecule has 0 aliphatic rings. The molecule has 0 bridgehead atoms. The van der Waals surface area contributed by atoms with Crippen molar-refractivity contribution >= 4 is 10.8 Å². The van der Waals surface area contributed by atoms with E-state index in [4.69, 9.17) is 4.74 Å². The topological polar surface area (TPSA) is 41.5 Å². The van der Waals surface area contributed by atoms with Crippen molar-refractivity contribution in [3.63, 3.8) is 0 Å². The second-order valence-electron chi connectivity index (χ2n) is 4.69. The maximum Gasteiger partial charge on any atom is 0.119 e. The normalized spacial score (nSPS) is 12.6. The van der Waals surface area contributed by atoms with E-state index in [0.29, 0.717) is 6.54 Å². The predicted octanol–water partition coefficient (Wildman–Crippen LogP) is 2.88. The lowest BCUT2D eigenvalue weighted by atomic mass is 10.0. The summed E-state index contributed by atoms with van der Waals surface area (Å²) in [7, 11) is 1.67. The number of fused-ring (bicyclic) bond motifs is 1. The number of benzene rings is 2. The first-order chi connectivity index (χ1) is 9.24. The van der Waals surface area contributed by atoms with Crippen molar-refractivity contribution in [1.29, 1.82) is 0 Å². The van der Waals surface area contributed by atoms with Gasteiger partial charge in [-0.15, -0.1) is 0 Å². The van der Waals surface area contributed by atoms with E-state index in [9.17, 15) is 5.11 Å². The molecule has 0 fully saturated rings. The second kappa shape index (κ2) is 6.55. The van der Waals surface area contributed by atoms with E-state index in [-0.39, 0.29) is 0 Å². The van der Waals surface area contributed by atoms with Crippen molar-refractivity contribution in [2.24, 2.45) is 0 Å². The van der Waals surface area contributed by atoms with Crippen molar-refractivity contribution in [3.8, 4) is 5.75 Å². The third-order valence-corrected chi connectivity index (χ3v) is 3.22. The highest BCUT2D eigenvalue weighted by Crippen LogP contribution is 2.24. The van der Waals surface area contributed by atoms with Crippen LogP contribution in [0.25, 0.3) is 10.8 Å². The van der Waals surface area contributed by atoms with Gasteiger partial charge in [0.1, 0.15) is 5.75 Å². The highest BCUT2D eigenvalue weighted by Gasteiger charge is 2.07. The Morgan fingerprint density at radius 2 is 1.89 bits per heavy atom. The van der Waals surface area contributed by atoms with E-state index in [1.165, 1.54) is 0 Å². The Morgan fingerprint density at radius 1 is 1.16 bits per heavy atom. The summed E-state index contributed by atoms with van der Waals surface area (Å²) in [6, 6.07) is 12.0. The Bertz CT molecular complexity index is 539. The van der Waals surface area contributed by atoms with Gasteiger partial charge in [0, 0.05) is 6.54 Å². The number of rotatable bonds is 6. The van der Waals surface area contributed by atoms with Gasteiger partial charge in [0.15, 0.2) is 0 Å². The molecule has 2 rings (SSSR count). The molecule has 0 saturated heterocycles. The lowest BCUT2D eigenvalue weighted by Gasteiger charge is -2.13. The van der Waals surface area contributed by atoms with Gasteiger partial charge in [0.05, 0.1) is 13.2 Å². The minimum Gasteiger partial charge on any atom is -0.497 e. The molecule has 0 saturated carbocycles. The Labute approximate surface area is 114 Å². The Hall–Kier alpha value is -1.58. The molecule has 0 heterocycles. The zero-order valence-corrected chi connectivity index (χ0v) is 11.5. The summed E-state index contributed by atoms with van der Waals surface area (Å²) in [6.07, 6.45) is 0.614. The van der Waals surface area contributed by atoms with E-state index in [1.54, 1.807) is 7.11 Å². The summed E-state index contributed by atoms with van der Waals surface area (Å²) >= 11 is 0. The van der Waals surface area contributed by atoms with Crippen LogP contribution in [0.1, 0.15) is 25.0 Å². The van der Waals surface area contributed by atoms with Crippen LogP contribution in [0.2, 0.25) is 0 Å². The average molecular weight is 259 g/mol. The standard InChI is InChI=1S/C16H21NO2/c1-3-8-17-11-16(18)14-5-4-13-10-15(19-2)7-6-12(13)9-14/h4-7,9-10,16-18H,3,8,11H2,1-2H3. The molecule has 1 atom stereocenters. The molecule has 0 amide bonds. The number of nitrogens with one attached hydrogen (secondary N) is 1.